The van der Waals surface area contributed by atoms with E-state index in [0.29, 0.717) is 24.3 Å². The molecule has 1 aliphatic heterocycles. The number of carbonyl (C=O) groups excluding carboxylic acids is 2. The summed E-state index contributed by atoms with van der Waals surface area (Å²) in [4.78, 5) is 31.1. The zero-order valence-electron chi connectivity index (χ0n) is 24.2. The topological polar surface area (TPSA) is 140 Å². The fraction of sp³-hybridized carbons (Fsp3) is 0.310. The molecule has 2 amide bonds. The number of aryl methyl sites for hydroxylation is 1. The van der Waals surface area contributed by atoms with E-state index in [1.54, 1.807) is 51.4 Å². The number of hydroxylamine groups is 2. The number of likely N-dealkylation sites (N-methyl/N-ethyl adjacent to an activating group) is 2. The molecular weight excluding hydrogens is 598 g/mol. The van der Waals surface area contributed by atoms with Gasteiger partial charge in [-0.15, -0.1) is 5.06 Å². The first-order valence-electron chi connectivity index (χ1n) is 13.3. The van der Waals surface area contributed by atoms with Crippen molar-refractivity contribution in [2.24, 2.45) is 0 Å². The smallest absolute Gasteiger partial charge is 0.340 e. The van der Waals surface area contributed by atoms with E-state index in [0.717, 1.165) is 9.37 Å². The van der Waals surface area contributed by atoms with Crippen LogP contribution >= 0.6 is 0 Å². The average molecular weight is 632 g/mol. The van der Waals surface area contributed by atoms with E-state index >= 15 is 0 Å². The Hall–Kier alpha value is -3.82. The van der Waals surface area contributed by atoms with Gasteiger partial charge in [-0.1, -0.05) is 24.3 Å². The summed E-state index contributed by atoms with van der Waals surface area (Å²) < 4.78 is 65.3. The van der Waals surface area contributed by atoms with E-state index in [9.17, 15) is 26.4 Å². The summed E-state index contributed by atoms with van der Waals surface area (Å²) in [6, 6.07) is 16.2. The van der Waals surface area contributed by atoms with Gasteiger partial charge in [-0.3, -0.25) is 14.4 Å². The molecule has 0 aliphatic carbocycles. The summed E-state index contributed by atoms with van der Waals surface area (Å²) in [6.07, 6.45) is 0.308. The lowest BCUT2D eigenvalue weighted by Crippen LogP contribution is -2.34. The van der Waals surface area contributed by atoms with Crippen molar-refractivity contribution < 1.29 is 40.2 Å². The Morgan fingerprint density at radius 3 is 1.95 bits per heavy atom. The Balaban J connectivity index is 1.39. The number of rotatable bonds is 14. The van der Waals surface area contributed by atoms with E-state index in [2.05, 4.69) is 0 Å². The van der Waals surface area contributed by atoms with Crippen molar-refractivity contribution >= 4 is 32.0 Å². The van der Waals surface area contributed by atoms with Crippen molar-refractivity contribution in [1.29, 1.82) is 0 Å². The number of imide groups is 1. The molecule has 0 bridgehead atoms. The quantitative estimate of drug-likeness (QED) is 0.148. The third-order valence-electron chi connectivity index (χ3n) is 6.43. The first-order valence-corrected chi connectivity index (χ1v) is 16.2. The van der Waals surface area contributed by atoms with Crippen LogP contribution in [0.3, 0.4) is 0 Å². The van der Waals surface area contributed by atoms with Gasteiger partial charge in [0, 0.05) is 32.6 Å². The number of hydrogen-bond acceptors (Lipinski definition) is 10. The molecule has 43 heavy (non-hydrogen) atoms. The first-order chi connectivity index (χ1) is 20.3. The molecule has 0 atom stereocenters. The molecule has 0 spiro atoms. The SMILES string of the molecule is Cc1cc(OCCCON2C(=O)c3ccccc3C2=O)cc(OS(=O)(=O)c2ccccc2S(=O)(=O)N(C)CCN(C)C)c1. The molecule has 3 aromatic carbocycles. The van der Waals surface area contributed by atoms with Gasteiger partial charge >= 0.3 is 10.1 Å². The van der Waals surface area contributed by atoms with Crippen molar-refractivity contribution in [3.05, 3.63) is 83.4 Å². The molecule has 4 rings (SSSR count). The van der Waals surface area contributed by atoms with Crippen LogP contribution in [-0.2, 0) is 25.0 Å². The highest BCUT2D eigenvalue weighted by Gasteiger charge is 2.36. The molecule has 0 radical (unpaired) electrons. The van der Waals surface area contributed by atoms with Crippen molar-refractivity contribution in [2.75, 3.05) is 47.4 Å². The maximum absolute atomic E-state index is 13.3. The van der Waals surface area contributed by atoms with Crippen LogP contribution in [0.15, 0.2) is 76.5 Å². The fourth-order valence-corrected chi connectivity index (χ4v) is 7.06. The number of ether oxygens (including phenoxy) is 1. The van der Waals surface area contributed by atoms with Gasteiger partial charge in [-0.05, 0) is 63.0 Å². The molecule has 0 unspecified atom stereocenters. The molecular formula is C29H33N3O9S2. The van der Waals surface area contributed by atoms with E-state index in [1.807, 2.05) is 4.90 Å². The molecule has 0 aromatic heterocycles. The lowest BCUT2D eigenvalue weighted by Gasteiger charge is -2.21. The van der Waals surface area contributed by atoms with E-state index < -0.39 is 41.7 Å². The van der Waals surface area contributed by atoms with Crippen LogP contribution in [0.4, 0.5) is 0 Å². The standard InChI is InChI=1S/C29H33N3O9S2/c1-21-18-22(39-16-9-17-40-32-28(33)24-10-5-6-11-25(24)29(32)34)20-23(19-21)41-43(37,38)27-13-8-7-12-26(27)42(35,36)31(4)15-14-30(2)3/h5-8,10-13,18-20H,9,14-17H2,1-4H3. The second-order valence-corrected chi connectivity index (χ2v) is 13.6. The van der Waals surface area contributed by atoms with E-state index in [-0.39, 0.29) is 36.6 Å². The largest absolute Gasteiger partial charge is 0.493 e. The Morgan fingerprint density at radius 1 is 0.744 bits per heavy atom. The molecule has 14 heteroatoms. The highest BCUT2D eigenvalue weighted by molar-refractivity contribution is 7.91. The zero-order chi connectivity index (χ0) is 31.4. The molecule has 12 nitrogen and oxygen atoms in total. The molecule has 1 aliphatic rings. The van der Waals surface area contributed by atoms with Crippen LogP contribution in [-0.4, -0.2) is 90.4 Å². The van der Waals surface area contributed by atoms with Crippen molar-refractivity contribution in [3.8, 4) is 11.5 Å². The van der Waals surface area contributed by atoms with Crippen LogP contribution in [0, 0.1) is 6.92 Å². The summed E-state index contributed by atoms with van der Waals surface area (Å²) in [5, 5.41) is 0.728. The minimum absolute atomic E-state index is 0.0171. The first kappa shape index (κ1) is 32.1. The van der Waals surface area contributed by atoms with Gasteiger partial charge in [0.05, 0.1) is 24.3 Å². The molecule has 0 saturated carbocycles. The molecule has 230 valence electrons. The summed E-state index contributed by atoms with van der Waals surface area (Å²) in [6.45, 7) is 2.47. The predicted octanol–water partition coefficient (Wildman–Crippen LogP) is 2.94. The van der Waals surface area contributed by atoms with Gasteiger partial charge < -0.3 is 13.8 Å². The maximum atomic E-state index is 13.3. The number of benzene rings is 3. The molecule has 3 aromatic rings. The number of amides is 2. The number of nitrogens with zero attached hydrogens (tertiary/aromatic N) is 3. The van der Waals surface area contributed by atoms with E-state index in [4.69, 9.17) is 13.8 Å². The van der Waals surface area contributed by atoms with Gasteiger partial charge in [-0.25, -0.2) is 8.42 Å². The van der Waals surface area contributed by atoms with Crippen molar-refractivity contribution in [3.63, 3.8) is 0 Å². The Kier molecular flexibility index (Phi) is 9.87. The third-order valence-corrected chi connectivity index (χ3v) is 9.78. The summed E-state index contributed by atoms with van der Waals surface area (Å²) >= 11 is 0. The highest BCUT2D eigenvalue weighted by Crippen LogP contribution is 2.29. The molecule has 0 N–H and O–H groups in total. The van der Waals surface area contributed by atoms with Crippen molar-refractivity contribution in [2.45, 2.75) is 23.1 Å². The van der Waals surface area contributed by atoms with Crippen LogP contribution in [0.2, 0.25) is 0 Å². The molecule has 0 fully saturated rings. The number of sulfonamides is 1. The second kappa shape index (κ2) is 13.2. The van der Waals surface area contributed by atoms with Gasteiger partial charge in [0.15, 0.2) is 0 Å². The highest BCUT2D eigenvalue weighted by atomic mass is 32.2. The Bertz CT molecular complexity index is 1690. The molecule has 1 heterocycles. The lowest BCUT2D eigenvalue weighted by molar-refractivity contribution is -0.0935. The molecule has 0 saturated heterocycles. The van der Waals surface area contributed by atoms with Crippen LogP contribution < -0.4 is 8.92 Å². The fourth-order valence-electron chi connectivity index (χ4n) is 4.20. The zero-order valence-corrected chi connectivity index (χ0v) is 25.9. The maximum Gasteiger partial charge on any atom is 0.340 e. The third kappa shape index (κ3) is 7.40. The van der Waals surface area contributed by atoms with Gasteiger partial charge in [0.25, 0.3) is 11.8 Å². The summed E-state index contributed by atoms with van der Waals surface area (Å²) in [5.41, 5.74) is 1.19. The van der Waals surface area contributed by atoms with Crippen LogP contribution in [0.25, 0.3) is 0 Å². The normalized spacial score (nSPS) is 13.6. The number of hydrogen-bond donors (Lipinski definition) is 0. The van der Waals surface area contributed by atoms with E-state index in [1.165, 1.54) is 43.4 Å². The Labute approximate surface area is 251 Å². The van der Waals surface area contributed by atoms with Crippen LogP contribution in [0.5, 0.6) is 11.5 Å². The Morgan fingerprint density at radius 2 is 1.33 bits per heavy atom. The van der Waals surface area contributed by atoms with Gasteiger partial charge in [0.1, 0.15) is 21.3 Å². The van der Waals surface area contributed by atoms with Gasteiger partial charge in [-0.2, -0.15) is 12.7 Å². The minimum atomic E-state index is -4.56. The average Bonchev–Trinajstić information content (AvgIpc) is 3.20. The number of carbonyl (C=O) groups is 2. The van der Waals surface area contributed by atoms with Crippen LogP contribution in [0.1, 0.15) is 32.7 Å². The van der Waals surface area contributed by atoms with Crippen molar-refractivity contribution in [1.82, 2.24) is 14.3 Å². The minimum Gasteiger partial charge on any atom is -0.493 e. The number of fused-ring (bicyclic) bond motifs is 1. The predicted molar refractivity (Wildman–Crippen MR) is 157 cm³/mol. The monoisotopic (exact) mass is 631 g/mol. The summed E-state index contributed by atoms with van der Waals surface area (Å²) in [7, 11) is -3.70. The summed E-state index contributed by atoms with van der Waals surface area (Å²) in [5.74, 6) is -0.823. The van der Waals surface area contributed by atoms with Gasteiger partial charge in [0.2, 0.25) is 10.0 Å². The second-order valence-electron chi connectivity index (χ2n) is 10.1. The lowest BCUT2D eigenvalue weighted by atomic mass is 10.1.